The summed E-state index contributed by atoms with van der Waals surface area (Å²) in [6, 6.07) is 24.8. The highest BCUT2D eigenvalue weighted by atomic mass is 32.2. The molecular formula is C30H34N4O2S. The van der Waals surface area contributed by atoms with E-state index in [0.717, 1.165) is 67.5 Å². The number of nitrogens with zero attached hydrogens (tertiary/aromatic N) is 4. The predicted octanol–water partition coefficient (Wildman–Crippen LogP) is 5.47. The fourth-order valence-electron chi connectivity index (χ4n) is 4.85. The third kappa shape index (κ3) is 5.20. The molecule has 0 amide bonds. The molecule has 1 aliphatic heterocycles. The summed E-state index contributed by atoms with van der Waals surface area (Å²) in [5.41, 5.74) is 4.08. The first-order valence-corrected chi connectivity index (χ1v) is 14.4. The van der Waals surface area contributed by atoms with E-state index in [4.69, 9.17) is 5.10 Å². The average Bonchev–Trinajstić information content (AvgIpc) is 3.27. The van der Waals surface area contributed by atoms with E-state index < -0.39 is 10.0 Å². The quantitative estimate of drug-likeness (QED) is 0.293. The van der Waals surface area contributed by atoms with Crippen molar-refractivity contribution >= 4 is 27.1 Å². The van der Waals surface area contributed by atoms with Crippen LogP contribution in [-0.4, -0.2) is 61.7 Å². The molecule has 3 aromatic carbocycles. The fourth-order valence-corrected chi connectivity index (χ4v) is 6.40. The first-order chi connectivity index (χ1) is 18.0. The van der Waals surface area contributed by atoms with Crippen molar-refractivity contribution in [2.45, 2.75) is 31.1 Å². The number of aromatic nitrogens is 1. The van der Waals surface area contributed by atoms with Crippen molar-refractivity contribution < 1.29 is 8.42 Å². The standard InChI is InChI=1S/C30H34N4O2S/c1-3-4-10-24-15-17-26(18-16-24)37(35,36)34-29-14-9-8-13-27(29)28(30(34)25-11-6-5-7-12-25)23-31-33-21-19-32(2)20-22-33/h5-9,11-18,23H,3-4,10,19-22H2,1-2H3. The molecule has 2 heterocycles. The second-order valence-electron chi connectivity index (χ2n) is 9.66. The van der Waals surface area contributed by atoms with Crippen molar-refractivity contribution in [3.05, 3.63) is 90.0 Å². The van der Waals surface area contributed by atoms with Gasteiger partial charge in [-0.1, -0.05) is 74.0 Å². The van der Waals surface area contributed by atoms with E-state index in [1.807, 2.05) is 72.9 Å². The smallest absolute Gasteiger partial charge is 0.268 e. The van der Waals surface area contributed by atoms with Crippen molar-refractivity contribution in [3.63, 3.8) is 0 Å². The third-order valence-corrected chi connectivity index (χ3v) is 8.76. The first kappa shape index (κ1) is 25.2. The number of benzene rings is 3. The van der Waals surface area contributed by atoms with Gasteiger partial charge < -0.3 is 4.90 Å². The Morgan fingerprint density at radius 1 is 0.865 bits per heavy atom. The Hall–Kier alpha value is -3.42. The van der Waals surface area contributed by atoms with E-state index in [2.05, 4.69) is 23.9 Å². The van der Waals surface area contributed by atoms with E-state index in [0.29, 0.717) is 11.2 Å². The number of hydrogen-bond donors (Lipinski definition) is 0. The van der Waals surface area contributed by atoms with E-state index >= 15 is 0 Å². The summed E-state index contributed by atoms with van der Waals surface area (Å²) in [7, 11) is -1.76. The molecule has 1 aliphatic rings. The van der Waals surface area contributed by atoms with Gasteiger partial charge in [-0.3, -0.25) is 5.01 Å². The summed E-state index contributed by atoms with van der Waals surface area (Å²) in [4.78, 5) is 2.57. The summed E-state index contributed by atoms with van der Waals surface area (Å²) in [6.07, 6.45) is 4.98. The van der Waals surface area contributed by atoms with Gasteiger partial charge in [-0.25, -0.2) is 12.4 Å². The zero-order valence-electron chi connectivity index (χ0n) is 21.5. The second-order valence-corrected chi connectivity index (χ2v) is 11.5. The van der Waals surface area contributed by atoms with Crippen LogP contribution < -0.4 is 0 Å². The Kier molecular flexibility index (Phi) is 7.44. The molecule has 0 aliphatic carbocycles. The molecule has 1 fully saturated rings. The molecule has 5 rings (SSSR count). The Morgan fingerprint density at radius 2 is 1.54 bits per heavy atom. The minimum Gasteiger partial charge on any atom is -0.303 e. The summed E-state index contributed by atoms with van der Waals surface area (Å²) in [5.74, 6) is 0. The fraction of sp³-hybridized carbons (Fsp3) is 0.300. The lowest BCUT2D eigenvalue weighted by atomic mass is 10.1. The van der Waals surface area contributed by atoms with Crippen LogP contribution in [0.15, 0.2) is 88.9 Å². The molecule has 0 radical (unpaired) electrons. The third-order valence-electron chi connectivity index (χ3n) is 7.03. The van der Waals surface area contributed by atoms with Gasteiger partial charge in [-0.15, -0.1) is 0 Å². The van der Waals surface area contributed by atoms with Gasteiger partial charge >= 0.3 is 0 Å². The van der Waals surface area contributed by atoms with Crippen LogP contribution in [0.4, 0.5) is 0 Å². The maximum Gasteiger partial charge on any atom is 0.268 e. The highest BCUT2D eigenvalue weighted by molar-refractivity contribution is 7.90. The molecule has 7 heteroatoms. The maximum atomic E-state index is 14.2. The Morgan fingerprint density at radius 3 is 2.24 bits per heavy atom. The second kappa shape index (κ2) is 10.9. The van der Waals surface area contributed by atoms with Crippen molar-refractivity contribution in [1.82, 2.24) is 13.9 Å². The number of rotatable bonds is 8. The molecule has 192 valence electrons. The number of aryl methyl sites for hydroxylation is 1. The number of fused-ring (bicyclic) bond motifs is 1. The topological polar surface area (TPSA) is 57.9 Å². The lowest BCUT2D eigenvalue weighted by Gasteiger charge is -2.30. The van der Waals surface area contributed by atoms with Gasteiger partial charge in [-0.2, -0.15) is 5.10 Å². The average molecular weight is 515 g/mol. The number of unbranched alkanes of at least 4 members (excludes halogenated alkanes) is 1. The molecule has 0 bridgehead atoms. The highest BCUT2D eigenvalue weighted by Gasteiger charge is 2.27. The molecular weight excluding hydrogens is 480 g/mol. The van der Waals surface area contributed by atoms with E-state index in [1.54, 1.807) is 12.1 Å². The maximum absolute atomic E-state index is 14.2. The predicted molar refractivity (Wildman–Crippen MR) is 152 cm³/mol. The van der Waals surface area contributed by atoms with Crippen molar-refractivity contribution in [3.8, 4) is 11.3 Å². The van der Waals surface area contributed by atoms with Crippen LogP contribution in [0.2, 0.25) is 0 Å². The normalized spacial score (nSPS) is 15.1. The molecule has 0 unspecified atom stereocenters. The van der Waals surface area contributed by atoms with Crippen LogP contribution in [0.25, 0.3) is 22.2 Å². The number of para-hydroxylation sites is 1. The van der Waals surface area contributed by atoms with Gasteiger partial charge in [0.25, 0.3) is 10.0 Å². The molecule has 37 heavy (non-hydrogen) atoms. The summed E-state index contributed by atoms with van der Waals surface area (Å²) < 4.78 is 30.0. The van der Waals surface area contributed by atoms with Gasteiger partial charge in [0.15, 0.2) is 0 Å². The monoisotopic (exact) mass is 514 g/mol. The van der Waals surface area contributed by atoms with Crippen LogP contribution in [0.5, 0.6) is 0 Å². The molecule has 0 spiro atoms. The first-order valence-electron chi connectivity index (χ1n) is 13.0. The van der Waals surface area contributed by atoms with Crippen molar-refractivity contribution in [2.75, 3.05) is 33.2 Å². The van der Waals surface area contributed by atoms with E-state index in [-0.39, 0.29) is 4.90 Å². The number of likely N-dealkylation sites (N-methyl/N-ethyl adjacent to an activating group) is 1. The van der Waals surface area contributed by atoms with Gasteiger partial charge in [0.05, 0.1) is 22.3 Å². The minimum atomic E-state index is -3.88. The number of hydrazone groups is 1. The van der Waals surface area contributed by atoms with Crippen LogP contribution in [-0.2, 0) is 16.4 Å². The Balaban J connectivity index is 1.67. The molecule has 0 N–H and O–H groups in total. The van der Waals surface area contributed by atoms with Gasteiger partial charge in [0.2, 0.25) is 0 Å². The SMILES string of the molecule is CCCCc1ccc(S(=O)(=O)n2c(-c3ccccc3)c(C=NN3CCN(C)CC3)c3ccccc32)cc1. The van der Waals surface area contributed by atoms with Crippen LogP contribution in [0.3, 0.4) is 0 Å². The Bertz CT molecular complexity index is 1480. The van der Waals surface area contributed by atoms with E-state index in [1.165, 1.54) is 3.97 Å². The summed E-state index contributed by atoms with van der Waals surface area (Å²) in [5, 5.41) is 7.73. The Labute approximate surface area is 219 Å². The van der Waals surface area contributed by atoms with Crippen molar-refractivity contribution in [1.29, 1.82) is 0 Å². The largest absolute Gasteiger partial charge is 0.303 e. The zero-order valence-corrected chi connectivity index (χ0v) is 22.4. The lowest BCUT2D eigenvalue weighted by molar-refractivity contribution is 0.159. The molecule has 6 nitrogen and oxygen atoms in total. The summed E-state index contributed by atoms with van der Waals surface area (Å²) >= 11 is 0. The van der Waals surface area contributed by atoms with Crippen molar-refractivity contribution in [2.24, 2.45) is 5.10 Å². The highest BCUT2D eigenvalue weighted by Crippen LogP contribution is 2.36. The minimum absolute atomic E-state index is 0.285. The van der Waals surface area contributed by atoms with Gasteiger partial charge in [0, 0.05) is 37.1 Å². The number of hydrogen-bond acceptors (Lipinski definition) is 5. The molecule has 4 aromatic rings. The van der Waals surface area contributed by atoms with Crippen LogP contribution in [0, 0.1) is 0 Å². The lowest BCUT2D eigenvalue weighted by Crippen LogP contribution is -2.41. The molecule has 1 aromatic heterocycles. The van der Waals surface area contributed by atoms with Crippen LogP contribution in [0.1, 0.15) is 30.9 Å². The summed E-state index contributed by atoms with van der Waals surface area (Å²) in [6.45, 7) is 5.75. The molecule has 0 atom stereocenters. The van der Waals surface area contributed by atoms with Crippen LogP contribution >= 0.6 is 0 Å². The van der Waals surface area contributed by atoms with Gasteiger partial charge in [0.1, 0.15) is 0 Å². The zero-order chi connectivity index (χ0) is 25.8. The number of piperazine rings is 1. The van der Waals surface area contributed by atoms with Gasteiger partial charge in [-0.05, 0) is 49.2 Å². The molecule has 1 saturated heterocycles. The van der Waals surface area contributed by atoms with E-state index in [9.17, 15) is 8.42 Å². The molecule has 0 saturated carbocycles.